The number of carbonyl (C=O) groups is 1. The van der Waals surface area contributed by atoms with Gasteiger partial charge in [0.15, 0.2) is 9.84 Å². The van der Waals surface area contributed by atoms with Gasteiger partial charge in [-0.3, -0.25) is 4.79 Å². The van der Waals surface area contributed by atoms with E-state index in [0.29, 0.717) is 12.8 Å². The quantitative estimate of drug-likeness (QED) is 0.793. The van der Waals surface area contributed by atoms with Crippen LogP contribution in [-0.2, 0) is 14.6 Å². The summed E-state index contributed by atoms with van der Waals surface area (Å²) < 4.78 is 38.0. The molecule has 1 fully saturated rings. The third-order valence-corrected chi connectivity index (χ3v) is 5.98. The van der Waals surface area contributed by atoms with Crippen molar-refractivity contribution in [3.05, 3.63) is 24.0 Å². The molecule has 1 spiro atoms. The van der Waals surface area contributed by atoms with Crippen LogP contribution in [0.2, 0.25) is 0 Å². The molecule has 1 N–H and O–H groups in total. The van der Waals surface area contributed by atoms with E-state index in [4.69, 9.17) is 0 Å². The molecule has 0 bridgehead atoms. The average Bonchev–Trinajstić information content (AvgIpc) is 2.77. The van der Waals surface area contributed by atoms with Gasteiger partial charge in [-0.05, 0) is 31.0 Å². The second-order valence-electron chi connectivity index (χ2n) is 5.34. The van der Waals surface area contributed by atoms with Crippen molar-refractivity contribution >= 4 is 21.4 Å². The van der Waals surface area contributed by atoms with Crippen molar-refractivity contribution in [1.29, 1.82) is 0 Å². The predicted octanol–water partition coefficient (Wildman–Crippen LogP) is 2.11. The van der Waals surface area contributed by atoms with Crippen LogP contribution in [0.5, 0.6) is 0 Å². The fourth-order valence-electron chi connectivity index (χ4n) is 3.04. The van der Waals surface area contributed by atoms with Gasteiger partial charge in [-0.15, -0.1) is 0 Å². The molecule has 0 radical (unpaired) electrons. The third kappa shape index (κ3) is 1.94. The summed E-state index contributed by atoms with van der Waals surface area (Å²) in [5.41, 5.74) is -0.649. The Morgan fingerprint density at radius 2 is 1.89 bits per heavy atom. The number of anilines is 1. The molecule has 0 saturated heterocycles. The monoisotopic (exact) mass is 283 g/mol. The molecule has 1 heterocycles. The number of rotatable bonds is 0. The van der Waals surface area contributed by atoms with Crippen molar-refractivity contribution in [2.24, 2.45) is 5.41 Å². The van der Waals surface area contributed by atoms with E-state index in [9.17, 15) is 17.6 Å². The molecule has 1 saturated carbocycles. The van der Waals surface area contributed by atoms with E-state index in [0.717, 1.165) is 25.0 Å². The number of amides is 1. The van der Waals surface area contributed by atoms with Gasteiger partial charge in [0, 0.05) is 0 Å². The zero-order valence-corrected chi connectivity index (χ0v) is 11.1. The molecule has 2 aliphatic rings. The van der Waals surface area contributed by atoms with Gasteiger partial charge in [0.25, 0.3) is 0 Å². The maximum absolute atomic E-state index is 13.3. The molecule has 1 amide bonds. The highest BCUT2D eigenvalue weighted by Gasteiger charge is 2.47. The summed E-state index contributed by atoms with van der Waals surface area (Å²) in [5.74, 6) is -1.08. The van der Waals surface area contributed by atoms with Crippen LogP contribution in [0.25, 0.3) is 0 Å². The number of hydrogen-bond donors (Lipinski definition) is 1. The Morgan fingerprint density at radius 3 is 2.58 bits per heavy atom. The number of carbonyl (C=O) groups excluding carboxylic acids is 1. The molecule has 6 heteroatoms. The fraction of sp³-hybridized carbons (Fsp3) is 0.462. The van der Waals surface area contributed by atoms with Crippen molar-refractivity contribution in [1.82, 2.24) is 0 Å². The first-order chi connectivity index (χ1) is 8.93. The lowest BCUT2D eigenvalue weighted by Gasteiger charge is -2.23. The summed E-state index contributed by atoms with van der Waals surface area (Å²) in [6, 6.07) is 3.45. The molecule has 19 heavy (non-hydrogen) atoms. The van der Waals surface area contributed by atoms with Crippen molar-refractivity contribution in [2.75, 3.05) is 11.1 Å². The lowest BCUT2D eigenvalue weighted by Crippen LogP contribution is -2.37. The molecule has 1 aliphatic heterocycles. The van der Waals surface area contributed by atoms with Crippen LogP contribution in [0.4, 0.5) is 10.1 Å². The van der Waals surface area contributed by atoms with E-state index in [1.54, 1.807) is 0 Å². The van der Waals surface area contributed by atoms with Gasteiger partial charge < -0.3 is 5.32 Å². The molecule has 3 rings (SSSR count). The number of nitrogens with one attached hydrogen (secondary N) is 1. The van der Waals surface area contributed by atoms with Crippen molar-refractivity contribution < 1.29 is 17.6 Å². The van der Waals surface area contributed by atoms with Gasteiger partial charge in [-0.25, -0.2) is 12.8 Å². The minimum absolute atomic E-state index is 0.107. The van der Waals surface area contributed by atoms with Crippen LogP contribution in [0, 0.1) is 11.2 Å². The van der Waals surface area contributed by atoms with E-state index in [1.165, 1.54) is 6.07 Å². The van der Waals surface area contributed by atoms with Gasteiger partial charge in [0.05, 0.1) is 21.8 Å². The maximum Gasteiger partial charge on any atom is 0.231 e. The molecular formula is C13H14FNO3S. The molecule has 0 aromatic heterocycles. The number of sulfone groups is 1. The van der Waals surface area contributed by atoms with Crippen molar-refractivity contribution in [2.45, 2.75) is 30.6 Å². The van der Waals surface area contributed by atoms with E-state index in [2.05, 4.69) is 5.32 Å². The van der Waals surface area contributed by atoms with Crippen LogP contribution < -0.4 is 5.32 Å². The van der Waals surface area contributed by atoms with E-state index in [1.807, 2.05) is 0 Å². The van der Waals surface area contributed by atoms with E-state index >= 15 is 0 Å². The molecule has 1 aromatic rings. The van der Waals surface area contributed by atoms with Crippen molar-refractivity contribution in [3.63, 3.8) is 0 Å². The number of halogens is 1. The summed E-state index contributed by atoms with van der Waals surface area (Å²) in [7, 11) is -3.65. The SMILES string of the molecule is O=C1Nc2ccc(F)cc2S(=O)(=O)CC12CCCC2. The maximum atomic E-state index is 13.3. The molecule has 4 nitrogen and oxygen atoms in total. The minimum atomic E-state index is -3.65. The molecule has 1 aliphatic carbocycles. The van der Waals surface area contributed by atoms with Gasteiger partial charge in [0.1, 0.15) is 5.82 Å². The van der Waals surface area contributed by atoms with Gasteiger partial charge >= 0.3 is 0 Å². The van der Waals surface area contributed by atoms with Crippen molar-refractivity contribution in [3.8, 4) is 0 Å². The normalized spacial score (nSPS) is 23.7. The van der Waals surface area contributed by atoms with Crippen LogP contribution in [0.3, 0.4) is 0 Å². The summed E-state index contributed by atoms with van der Waals surface area (Å²) in [6.45, 7) is 0. The zero-order valence-electron chi connectivity index (χ0n) is 10.3. The molecular weight excluding hydrogens is 269 g/mol. The first kappa shape index (κ1) is 12.6. The average molecular weight is 283 g/mol. The summed E-state index contributed by atoms with van der Waals surface area (Å²) in [4.78, 5) is 12.2. The smallest absolute Gasteiger partial charge is 0.231 e. The topological polar surface area (TPSA) is 63.2 Å². The van der Waals surface area contributed by atoms with Crippen LogP contribution in [0.15, 0.2) is 23.1 Å². The highest BCUT2D eigenvalue weighted by molar-refractivity contribution is 7.91. The Hall–Kier alpha value is -1.43. The lowest BCUT2D eigenvalue weighted by atomic mass is 9.87. The van der Waals surface area contributed by atoms with Gasteiger partial charge in [0.2, 0.25) is 5.91 Å². The molecule has 102 valence electrons. The minimum Gasteiger partial charge on any atom is -0.324 e. The second-order valence-corrected chi connectivity index (χ2v) is 7.30. The first-order valence-electron chi connectivity index (χ1n) is 6.27. The van der Waals surface area contributed by atoms with Crippen LogP contribution in [-0.4, -0.2) is 20.1 Å². The largest absolute Gasteiger partial charge is 0.324 e. The Kier molecular flexibility index (Phi) is 2.67. The number of fused-ring (bicyclic) bond motifs is 1. The number of benzene rings is 1. The Bertz CT molecular complexity index is 648. The first-order valence-corrected chi connectivity index (χ1v) is 7.92. The van der Waals surface area contributed by atoms with Gasteiger partial charge in [-0.1, -0.05) is 12.8 Å². The summed E-state index contributed by atoms with van der Waals surface area (Å²) >= 11 is 0. The van der Waals surface area contributed by atoms with E-state index < -0.39 is 21.1 Å². The zero-order chi connectivity index (χ0) is 13.7. The van der Waals surface area contributed by atoms with Crippen LogP contribution in [0.1, 0.15) is 25.7 Å². The van der Waals surface area contributed by atoms with Crippen LogP contribution >= 0.6 is 0 Å². The van der Waals surface area contributed by atoms with E-state index in [-0.39, 0.29) is 22.2 Å². The van der Waals surface area contributed by atoms with Gasteiger partial charge in [-0.2, -0.15) is 0 Å². The second kappa shape index (κ2) is 4.03. The fourth-order valence-corrected chi connectivity index (χ4v) is 5.09. The Balaban J connectivity index is 2.16. The Morgan fingerprint density at radius 1 is 1.21 bits per heavy atom. The lowest BCUT2D eigenvalue weighted by molar-refractivity contribution is -0.124. The molecule has 0 unspecified atom stereocenters. The summed E-state index contributed by atoms with van der Waals surface area (Å²) in [5, 5.41) is 2.65. The third-order valence-electron chi connectivity index (χ3n) is 4.04. The predicted molar refractivity (Wildman–Crippen MR) is 68.0 cm³/mol. The standard InChI is InChI=1S/C13H14FNO3S/c14-9-3-4-10-11(7-9)19(17,18)8-13(12(16)15-10)5-1-2-6-13/h3-4,7H,1-2,5-6,8H2,(H,15,16). The highest BCUT2D eigenvalue weighted by Crippen LogP contribution is 2.44. The molecule has 1 aromatic carbocycles. The highest BCUT2D eigenvalue weighted by atomic mass is 32.2. The summed E-state index contributed by atoms with van der Waals surface area (Å²) in [6.07, 6.45) is 2.87. The molecule has 0 atom stereocenters. The Labute approximate surface area is 110 Å². The number of hydrogen-bond acceptors (Lipinski definition) is 3.